The van der Waals surface area contributed by atoms with Gasteiger partial charge in [-0.15, -0.1) is 0 Å². The van der Waals surface area contributed by atoms with E-state index in [4.69, 9.17) is 5.73 Å². The normalized spacial score (nSPS) is 17.0. The maximum atomic E-state index is 12.8. The van der Waals surface area contributed by atoms with E-state index in [1.54, 1.807) is 16.4 Å². The molecule has 0 heterocycles. The van der Waals surface area contributed by atoms with Crippen LogP contribution in [0.2, 0.25) is 0 Å². The van der Waals surface area contributed by atoms with E-state index in [9.17, 15) is 8.42 Å². The Bertz CT molecular complexity index is 563. The molecule has 0 aromatic heterocycles. The van der Waals surface area contributed by atoms with E-state index in [0.717, 1.165) is 36.8 Å². The summed E-state index contributed by atoms with van der Waals surface area (Å²) < 4.78 is 27.3. The smallest absolute Gasteiger partial charge is 0.243 e. The van der Waals surface area contributed by atoms with Crippen LogP contribution in [-0.2, 0) is 10.0 Å². The lowest BCUT2D eigenvalue weighted by Gasteiger charge is -2.27. The zero-order valence-corrected chi connectivity index (χ0v) is 13.1. The Balaban J connectivity index is 2.36. The van der Waals surface area contributed by atoms with Crippen LogP contribution < -0.4 is 5.73 Å². The summed E-state index contributed by atoms with van der Waals surface area (Å²) >= 11 is 0. The van der Waals surface area contributed by atoms with Crippen LogP contribution in [0, 0.1) is 13.8 Å². The second-order valence-corrected chi connectivity index (χ2v) is 7.48. The molecule has 1 aromatic rings. The standard InChI is InChI=1S/C15H24N2O2S/c1-12-7-8-15(11-13(12)2)20(18,19)17(10-9-16)14-5-3-4-6-14/h7-8,11,14H,3-6,9-10,16H2,1-2H3. The van der Waals surface area contributed by atoms with Crippen molar-refractivity contribution < 1.29 is 8.42 Å². The Hall–Kier alpha value is -0.910. The van der Waals surface area contributed by atoms with Crippen LogP contribution in [0.1, 0.15) is 36.8 Å². The second-order valence-electron chi connectivity index (χ2n) is 5.59. The van der Waals surface area contributed by atoms with Crippen molar-refractivity contribution in [3.63, 3.8) is 0 Å². The van der Waals surface area contributed by atoms with Crippen molar-refractivity contribution in [2.45, 2.75) is 50.5 Å². The fourth-order valence-electron chi connectivity index (χ4n) is 2.83. The summed E-state index contributed by atoms with van der Waals surface area (Å²) in [6, 6.07) is 5.46. The fourth-order valence-corrected chi connectivity index (χ4v) is 4.61. The SMILES string of the molecule is Cc1ccc(S(=O)(=O)N(CCN)C2CCCC2)cc1C. The van der Waals surface area contributed by atoms with Crippen LogP contribution in [0.3, 0.4) is 0 Å². The van der Waals surface area contributed by atoms with Crippen LogP contribution >= 0.6 is 0 Å². The predicted octanol–water partition coefficient (Wildman–Crippen LogP) is 2.20. The van der Waals surface area contributed by atoms with Gasteiger partial charge in [0.25, 0.3) is 0 Å². The first-order valence-electron chi connectivity index (χ1n) is 7.26. The minimum atomic E-state index is -3.43. The summed E-state index contributed by atoms with van der Waals surface area (Å²) in [5, 5.41) is 0. The van der Waals surface area contributed by atoms with Crippen LogP contribution in [0.4, 0.5) is 0 Å². The molecule has 0 atom stereocenters. The fraction of sp³-hybridized carbons (Fsp3) is 0.600. The van der Waals surface area contributed by atoms with E-state index in [2.05, 4.69) is 0 Å². The molecule has 0 unspecified atom stereocenters. The van der Waals surface area contributed by atoms with Gasteiger partial charge in [-0.1, -0.05) is 18.9 Å². The number of sulfonamides is 1. The van der Waals surface area contributed by atoms with Crippen molar-refractivity contribution in [1.29, 1.82) is 0 Å². The molecular weight excluding hydrogens is 272 g/mol. The highest BCUT2D eigenvalue weighted by molar-refractivity contribution is 7.89. The van der Waals surface area contributed by atoms with E-state index in [0.29, 0.717) is 18.0 Å². The van der Waals surface area contributed by atoms with Gasteiger partial charge in [0.05, 0.1) is 4.90 Å². The van der Waals surface area contributed by atoms with Crippen molar-refractivity contribution >= 4 is 10.0 Å². The molecule has 2 rings (SSSR count). The number of hydrogen-bond donors (Lipinski definition) is 1. The quantitative estimate of drug-likeness (QED) is 0.906. The first-order chi connectivity index (χ1) is 9.46. The van der Waals surface area contributed by atoms with E-state index in [1.807, 2.05) is 19.9 Å². The summed E-state index contributed by atoms with van der Waals surface area (Å²) in [6.45, 7) is 4.69. The molecule has 0 radical (unpaired) electrons. The monoisotopic (exact) mass is 296 g/mol. The molecule has 4 nitrogen and oxygen atoms in total. The van der Waals surface area contributed by atoms with E-state index >= 15 is 0 Å². The summed E-state index contributed by atoms with van der Waals surface area (Å²) in [6.07, 6.45) is 4.11. The van der Waals surface area contributed by atoms with E-state index in [1.165, 1.54) is 0 Å². The minimum absolute atomic E-state index is 0.116. The van der Waals surface area contributed by atoms with Crippen molar-refractivity contribution in [3.05, 3.63) is 29.3 Å². The summed E-state index contributed by atoms with van der Waals surface area (Å²) in [5.41, 5.74) is 7.73. The van der Waals surface area contributed by atoms with Crippen LogP contribution in [0.15, 0.2) is 23.1 Å². The number of benzene rings is 1. The van der Waals surface area contributed by atoms with Gasteiger partial charge in [0, 0.05) is 19.1 Å². The predicted molar refractivity (Wildman–Crippen MR) is 81.1 cm³/mol. The molecule has 20 heavy (non-hydrogen) atoms. The minimum Gasteiger partial charge on any atom is -0.329 e. The Kier molecular flexibility index (Phi) is 4.83. The number of nitrogens with two attached hydrogens (primary N) is 1. The summed E-state index contributed by atoms with van der Waals surface area (Å²) in [7, 11) is -3.43. The zero-order chi connectivity index (χ0) is 14.8. The van der Waals surface area contributed by atoms with Crippen LogP contribution in [0.25, 0.3) is 0 Å². The molecule has 0 saturated heterocycles. The largest absolute Gasteiger partial charge is 0.329 e. The third kappa shape index (κ3) is 3.05. The maximum absolute atomic E-state index is 12.8. The van der Waals surface area contributed by atoms with Gasteiger partial charge >= 0.3 is 0 Å². The van der Waals surface area contributed by atoms with Crippen molar-refractivity contribution in [3.8, 4) is 0 Å². The number of nitrogens with zero attached hydrogens (tertiary/aromatic N) is 1. The molecule has 0 bridgehead atoms. The van der Waals surface area contributed by atoms with E-state index in [-0.39, 0.29) is 6.04 Å². The van der Waals surface area contributed by atoms with Crippen molar-refractivity contribution in [2.24, 2.45) is 5.73 Å². The van der Waals surface area contributed by atoms with Gasteiger partial charge in [0.15, 0.2) is 0 Å². The van der Waals surface area contributed by atoms with Crippen LogP contribution in [0.5, 0.6) is 0 Å². The maximum Gasteiger partial charge on any atom is 0.243 e. The summed E-state index contributed by atoms with van der Waals surface area (Å²) in [4.78, 5) is 0.390. The molecule has 1 saturated carbocycles. The summed E-state index contributed by atoms with van der Waals surface area (Å²) in [5.74, 6) is 0. The molecule has 2 N–H and O–H groups in total. The molecule has 1 fully saturated rings. The lowest BCUT2D eigenvalue weighted by atomic mass is 10.1. The first kappa shape index (κ1) is 15.5. The third-order valence-electron chi connectivity index (χ3n) is 4.17. The van der Waals surface area contributed by atoms with Crippen molar-refractivity contribution in [1.82, 2.24) is 4.31 Å². The number of hydrogen-bond acceptors (Lipinski definition) is 3. The van der Waals surface area contributed by atoms with Gasteiger partial charge < -0.3 is 5.73 Å². The highest BCUT2D eigenvalue weighted by atomic mass is 32.2. The highest BCUT2D eigenvalue weighted by Crippen LogP contribution is 2.28. The first-order valence-corrected chi connectivity index (χ1v) is 8.70. The Labute approximate surface area is 122 Å². The molecule has 0 amide bonds. The van der Waals surface area contributed by atoms with Gasteiger partial charge in [-0.3, -0.25) is 0 Å². The molecule has 0 spiro atoms. The Morgan fingerprint density at radius 1 is 1.20 bits per heavy atom. The van der Waals surface area contributed by atoms with Gasteiger partial charge in [0.2, 0.25) is 10.0 Å². The van der Waals surface area contributed by atoms with Crippen LogP contribution in [-0.4, -0.2) is 31.9 Å². The highest BCUT2D eigenvalue weighted by Gasteiger charge is 2.32. The number of aryl methyl sites for hydroxylation is 2. The third-order valence-corrected chi connectivity index (χ3v) is 6.11. The van der Waals surface area contributed by atoms with E-state index < -0.39 is 10.0 Å². The molecular formula is C15H24N2O2S. The average Bonchev–Trinajstić information content (AvgIpc) is 2.92. The molecule has 112 valence electrons. The Morgan fingerprint density at radius 2 is 1.85 bits per heavy atom. The van der Waals surface area contributed by atoms with Crippen molar-refractivity contribution in [2.75, 3.05) is 13.1 Å². The molecule has 0 aliphatic heterocycles. The average molecular weight is 296 g/mol. The lowest BCUT2D eigenvalue weighted by molar-refractivity contribution is 0.328. The Morgan fingerprint density at radius 3 is 2.40 bits per heavy atom. The molecule has 1 aliphatic carbocycles. The molecule has 5 heteroatoms. The molecule has 1 aliphatic rings. The lowest BCUT2D eigenvalue weighted by Crippen LogP contribution is -2.41. The zero-order valence-electron chi connectivity index (χ0n) is 12.3. The van der Waals surface area contributed by atoms with Gasteiger partial charge in [-0.2, -0.15) is 4.31 Å². The van der Waals surface area contributed by atoms with Gasteiger partial charge in [0.1, 0.15) is 0 Å². The number of rotatable bonds is 5. The topological polar surface area (TPSA) is 63.4 Å². The van der Waals surface area contributed by atoms with Gasteiger partial charge in [-0.05, 0) is 49.9 Å². The second kappa shape index (κ2) is 6.24. The molecule has 1 aromatic carbocycles. The van der Waals surface area contributed by atoms with Gasteiger partial charge in [-0.25, -0.2) is 8.42 Å².